The molecule has 0 saturated heterocycles. The molecular weight excluding hydrogens is 342 g/mol. The van der Waals surface area contributed by atoms with Crippen LogP contribution in [0.2, 0.25) is 0 Å². The highest BCUT2D eigenvalue weighted by molar-refractivity contribution is 6.49. The van der Waals surface area contributed by atoms with E-state index in [1.165, 1.54) is 5.56 Å². The number of hydrogen-bond acceptors (Lipinski definition) is 8. The third-order valence-corrected chi connectivity index (χ3v) is 4.95. The van der Waals surface area contributed by atoms with E-state index in [1.807, 2.05) is 36.5 Å². The zero-order valence-electron chi connectivity index (χ0n) is 15.0. The maximum atomic E-state index is 8.59. The second kappa shape index (κ2) is 7.43. The summed E-state index contributed by atoms with van der Waals surface area (Å²) in [4.78, 5) is 4.12. The van der Waals surface area contributed by atoms with Crippen molar-refractivity contribution in [2.75, 3.05) is 18.2 Å². The van der Waals surface area contributed by atoms with E-state index < -0.39 is 5.54 Å². The second-order valence-corrected chi connectivity index (χ2v) is 6.69. The molecule has 1 aromatic carbocycles. The molecule has 0 radical (unpaired) electrons. The number of anilines is 1. The molecule has 0 fully saturated rings. The first-order valence-corrected chi connectivity index (χ1v) is 9.03. The third-order valence-electron chi connectivity index (χ3n) is 4.95. The van der Waals surface area contributed by atoms with Crippen molar-refractivity contribution >= 4 is 17.2 Å². The van der Waals surface area contributed by atoms with Gasteiger partial charge in [-0.3, -0.25) is 10.4 Å². The molecule has 2 aliphatic rings. The minimum Gasteiger partial charge on any atom is -0.381 e. The van der Waals surface area contributed by atoms with E-state index in [9.17, 15) is 0 Å². The number of nitrogens with zero attached hydrogens (tertiary/aromatic N) is 3. The molecular formula is C19H23N7O. The lowest BCUT2D eigenvalue weighted by atomic mass is 9.79. The Morgan fingerprint density at radius 1 is 1.19 bits per heavy atom. The SMILES string of the molecule is N=C1C2=NNNN2c2ccccc2C1(N)CCOCCCc1cccnc1. The molecule has 0 amide bonds. The van der Waals surface area contributed by atoms with Crippen LogP contribution in [-0.4, -0.2) is 29.7 Å². The Kier molecular flexibility index (Phi) is 4.85. The standard InChI is InChI=1S/C19H23N7O/c20-17-18-23-24-25-26(18)16-8-2-1-7-15(16)19(17,21)9-12-27-11-4-6-14-5-3-10-22-13-14/h1-3,5,7-8,10,13,20,24-25H,4,6,9,11-12,21H2. The summed E-state index contributed by atoms with van der Waals surface area (Å²) in [6, 6.07) is 11.8. The van der Waals surface area contributed by atoms with Gasteiger partial charge in [-0.15, -0.1) is 10.6 Å². The van der Waals surface area contributed by atoms with E-state index >= 15 is 0 Å². The molecule has 8 nitrogen and oxygen atoms in total. The van der Waals surface area contributed by atoms with E-state index in [1.54, 1.807) is 11.2 Å². The number of aromatic nitrogens is 1. The van der Waals surface area contributed by atoms with E-state index in [4.69, 9.17) is 15.9 Å². The Morgan fingerprint density at radius 3 is 2.93 bits per heavy atom. The Morgan fingerprint density at radius 2 is 2.07 bits per heavy atom. The van der Waals surface area contributed by atoms with E-state index in [2.05, 4.69) is 27.2 Å². The molecule has 0 saturated carbocycles. The van der Waals surface area contributed by atoms with E-state index in [-0.39, 0.29) is 5.71 Å². The highest BCUT2D eigenvalue weighted by Gasteiger charge is 2.45. The number of para-hydroxylation sites is 1. The number of hydrazone groups is 1. The molecule has 1 aromatic heterocycles. The number of rotatable bonds is 7. The summed E-state index contributed by atoms with van der Waals surface area (Å²) in [5.74, 6) is 0.493. The molecule has 1 unspecified atom stereocenters. The summed E-state index contributed by atoms with van der Waals surface area (Å²) in [6.45, 7) is 1.13. The van der Waals surface area contributed by atoms with Gasteiger partial charge in [0.1, 0.15) is 5.71 Å². The van der Waals surface area contributed by atoms with Crippen molar-refractivity contribution in [2.45, 2.75) is 24.8 Å². The molecule has 27 heavy (non-hydrogen) atoms. The average Bonchev–Trinajstić information content (AvgIpc) is 3.20. The van der Waals surface area contributed by atoms with E-state index in [0.717, 1.165) is 24.1 Å². The molecule has 2 aliphatic heterocycles. The van der Waals surface area contributed by atoms with Gasteiger partial charge in [0.15, 0.2) is 5.84 Å². The van der Waals surface area contributed by atoms with Crippen LogP contribution in [0.1, 0.15) is 24.0 Å². The van der Waals surface area contributed by atoms with Crippen LogP contribution in [0, 0.1) is 5.41 Å². The monoisotopic (exact) mass is 365 g/mol. The summed E-state index contributed by atoms with van der Waals surface area (Å²) < 4.78 is 5.82. The average molecular weight is 365 g/mol. The zero-order chi connectivity index (χ0) is 18.7. The normalized spacial score (nSPS) is 20.7. The molecule has 140 valence electrons. The van der Waals surface area contributed by atoms with Gasteiger partial charge in [0.2, 0.25) is 0 Å². The fourth-order valence-electron chi connectivity index (χ4n) is 3.47. The molecule has 3 heterocycles. The first kappa shape index (κ1) is 17.6. The van der Waals surface area contributed by atoms with Gasteiger partial charge in [0, 0.05) is 31.2 Å². The summed E-state index contributed by atoms with van der Waals surface area (Å²) >= 11 is 0. The van der Waals surface area contributed by atoms with Crippen LogP contribution in [0.5, 0.6) is 0 Å². The lowest BCUT2D eigenvalue weighted by Gasteiger charge is -2.39. The van der Waals surface area contributed by atoms with Gasteiger partial charge in [0.05, 0.1) is 11.2 Å². The Balaban J connectivity index is 1.37. The molecule has 8 heteroatoms. The maximum Gasteiger partial charge on any atom is 0.193 e. The van der Waals surface area contributed by atoms with Gasteiger partial charge in [-0.05, 0) is 37.0 Å². The number of pyridine rings is 1. The van der Waals surface area contributed by atoms with Crippen molar-refractivity contribution < 1.29 is 4.74 Å². The van der Waals surface area contributed by atoms with Crippen LogP contribution >= 0.6 is 0 Å². The van der Waals surface area contributed by atoms with Crippen LogP contribution in [0.15, 0.2) is 53.9 Å². The minimum atomic E-state index is -0.928. The first-order valence-electron chi connectivity index (χ1n) is 9.03. The highest BCUT2D eigenvalue weighted by Crippen LogP contribution is 2.37. The number of benzene rings is 1. The number of nitrogens with two attached hydrogens (primary N) is 1. The van der Waals surface area contributed by atoms with Gasteiger partial charge < -0.3 is 10.5 Å². The van der Waals surface area contributed by atoms with Gasteiger partial charge >= 0.3 is 0 Å². The fourth-order valence-corrected chi connectivity index (χ4v) is 3.47. The fraction of sp³-hybridized carbons (Fsp3) is 0.316. The number of aryl methyl sites for hydroxylation is 1. The molecule has 0 aliphatic carbocycles. The van der Waals surface area contributed by atoms with Crippen molar-refractivity contribution in [1.82, 2.24) is 16.1 Å². The first-order chi connectivity index (χ1) is 13.2. The van der Waals surface area contributed by atoms with Crippen LogP contribution in [-0.2, 0) is 16.7 Å². The number of nitrogens with one attached hydrogen (secondary N) is 3. The van der Waals surface area contributed by atoms with Crippen LogP contribution < -0.4 is 21.8 Å². The van der Waals surface area contributed by atoms with Gasteiger partial charge in [0.25, 0.3) is 0 Å². The summed E-state index contributed by atoms with van der Waals surface area (Å²) in [7, 11) is 0. The Bertz CT molecular complexity index is 854. The van der Waals surface area contributed by atoms with Crippen molar-refractivity contribution in [2.24, 2.45) is 10.8 Å². The number of hydrogen-bond donors (Lipinski definition) is 4. The van der Waals surface area contributed by atoms with Gasteiger partial charge in [-0.2, -0.15) is 0 Å². The maximum absolute atomic E-state index is 8.59. The largest absolute Gasteiger partial charge is 0.381 e. The number of ether oxygens (including phenoxy) is 1. The Labute approximate surface area is 157 Å². The summed E-state index contributed by atoms with van der Waals surface area (Å²) in [5.41, 5.74) is 14.7. The van der Waals surface area contributed by atoms with Crippen molar-refractivity contribution in [3.8, 4) is 0 Å². The highest BCUT2D eigenvalue weighted by atomic mass is 16.5. The minimum absolute atomic E-state index is 0.276. The van der Waals surface area contributed by atoms with Crippen molar-refractivity contribution in [1.29, 1.82) is 5.41 Å². The van der Waals surface area contributed by atoms with Crippen LogP contribution in [0.3, 0.4) is 0 Å². The number of fused-ring (bicyclic) bond motifs is 3. The van der Waals surface area contributed by atoms with Gasteiger partial charge in [-0.1, -0.05) is 24.3 Å². The summed E-state index contributed by atoms with van der Waals surface area (Å²) in [6.07, 6.45) is 6.03. The Hall–Kier alpha value is -2.81. The van der Waals surface area contributed by atoms with E-state index in [0.29, 0.717) is 25.5 Å². The molecule has 0 spiro atoms. The molecule has 2 aromatic rings. The molecule has 5 N–H and O–H groups in total. The predicted octanol–water partition coefficient (Wildman–Crippen LogP) is 1.45. The lowest BCUT2D eigenvalue weighted by Crippen LogP contribution is -2.59. The third kappa shape index (κ3) is 3.30. The number of hydrazine groups is 2. The lowest BCUT2D eigenvalue weighted by molar-refractivity contribution is 0.120. The zero-order valence-corrected chi connectivity index (χ0v) is 15.0. The van der Waals surface area contributed by atoms with Crippen LogP contribution in [0.4, 0.5) is 5.69 Å². The topological polar surface area (TPSA) is 112 Å². The quantitative estimate of drug-likeness (QED) is 0.553. The smallest absolute Gasteiger partial charge is 0.193 e. The molecule has 0 bridgehead atoms. The number of amidine groups is 1. The van der Waals surface area contributed by atoms with Crippen LogP contribution in [0.25, 0.3) is 0 Å². The molecule has 1 atom stereocenters. The van der Waals surface area contributed by atoms with Crippen molar-refractivity contribution in [3.05, 3.63) is 59.9 Å². The second-order valence-electron chi connectivity index (χ2n) is 6.69. The predicted molar refractivity (Wildman–Crippen MR) is 104 cm³/mol. The van der Waals surface area contributed by atoms with Crippen molar-refractivity contribution in [3.63, 3.8) is 0 Å². The molecule has 4 rings (SSSR count). The summed E-state index contributed by atoms with van der Waals surface area (Å²) in [5, 5.41) is 14.5. The van der Waals surface area contributed by atoms with Gasteiger partial charge in [-0.25, -0.2) is 10.5 Å².